The Bertz CT molecular complexity index is 410. The highest BCUT2D eigenvalue weighted by Gasteiger charge is 2.34. The zero-order chi connectivity index (χ0) is 12.3. The standard InChI is InChI=1S/C12H14N2O3/c15-7-3-1-2-6-14-11(16)9-4-5-13-8-10(9)12(14)17/h4-5,8,15H,1-3,6-7H2. The van der Waals surface area contributed by atoms with Gasteiger partial charge in [0.1, 0.15) is 0 Å². The highest BCUT2D eigenvalue weighted by Crippen LogP contribution is 2.21. The maximum Gasteiger partial charge on any atom is 0.263 e. The Hall–Kier alpha value is -1.75. The molecule has 0 aromatic carbocycles. The quantitative estimate of drug-likeness (QED) is 0.605. The van der Waals surface area contributed by atoms with Crippen LogP contribution < -0.4 is 0 Å². The van der Waals surface area contributed by atoms with Crippen molar-refractivity contribution in [2.24, 2.45) is 0 Å². The van der Waals surface area contributed by atoms with Crippen LogP contribution in [-0.2, 0) is 0 Å². The Balaban J connectivity index is 2.03. The minimum absolute atomic E-state index is 0.145. The van der Waals surface area contributed by atoms with E-state index in [0.29, 0.717) is 24.1 Å². The molecule has 1 aromatic rings. The summed E-state index contributed by atoms with van der Waals surface area (Å²) in [7, 11) is 0. The Kier molecular flexibility index (Phi) is 3.49. The van der Waals surface area contributed by atoms with Crippen LogP contribution in [0.2, 0.25) is 0 Å². The van der Waals surface area contributed by atoms with Gasteiger partial charge in [0, 0.05) is 25.5 Å². The molecule has 1 aliphatic heterocycles. The summed E-state index contributed by atoms with van der Waals surface area (Å²) in [6.45, 7) is 0.554. The monoisotopic (exact) mass is 234 g/mol. The Morgan fingerprint density at radius 3 is 2.59 bits per heavy atom. The molecule has 0 bridgehead atoms. The molecule has 90 valence electrons. The molecule has 0 aliphatic carbocycles. The van der Waals surface area contributed by atoms with Crippen molar-refractivity contribution in [1.29, 1.82) is 0 Å². The predicted molar refractivity (Wildman–Crippen MR) is 60.5 cm³/mol. The number of amides is 2. The number of carbonyl (C=O) groups is 2. The average molecular weight is 234 g/mol. The van der Waals surface area contributed by atoms with Gasteiger partial charge in [0.05, 0.1) is 11.1 Å². The Morgan fingerprint density at radius 1 is 1.12 bits per heavy atom. The van der Waals surface area contributed by atoms with Gasteiger partial charge in [-0.1, -0.05) is 0 Å². The second-order valence-corrected chi connectivity index (χ2v) is 3.97. The van der Waals surface area contributed by atoms with Crippen LogP contribution in [0.25, 0.3) is 0 Å². The second kappa shape index (κ2) is 5.05. The van der Waals surface area contributed by atoms with E-state index in [4.69, 9.17) is 5.11 Å². The normalized spacial score (nSPS) is 14.3. The second-order valence-electron chi connectivity index (χ2n) is 3.97. The molecule has 2 rings (SSSR count). The molecule has 5 heteroatoms. The minimum atomic E-state index is -0.262. The van der Waals surface area contributed by atoms with Crippen LogP contribution in [0, 0.1) is 0 Å². The molecule has 0 spiro atoms. The van der Waals surface area contributed by atoms with Gasteiger partial charge in [0.2, 0.25) is 0 Å². The molecule has 17 heavy (non-hydrogen) atoms. The highest BCUT2D eigenvalue weighted by atomic mass is 16.3. The highest BCUT2D eigenvalue weighted by molar-refractivity contribution is 6.21. The van der Waals surface area contributed by atoms with Crippen LogP contribution in [0.4, 0.5) is 0 Å². The smallest absolute Gasteiger partial charge is 0.263 e. The van der Waals surface area contributed by atoms with E-state index in [-0.39, 0.29) is 18.4 Å². The van der Waals surface area contributed by atoms with Crippen molar-refractivity contribution in [3.63, 3.8) is 0 Å². The number of fused-ring (bicyclic) bond motifs is 1. The van der Waals surface area contributed by atoms with E-state index in [9.17, 15) is 9.59 Å². The maximum absolute atomic E-state index is 11.9. The number of nitrogens with zero attached hydrogens (tertiary/aromatic N) is 2. The zero-order valence-corrected chi connectivity index (χ0v) is 9.43. The SMILES string of the molecule is O=C1c2ccncc2C(=O)N1CCCCCO. The summed E-state index contributed by atoms with van der Waals surface area (Å²) in [4.78, 5) is 28.9. The minimum Gasteiger partial charge on any atom is -0.396 e. The molecule has 0 saturated heterocycles. The van der Waals surface area contributed by atoms with Gasteiger partial charge in [0.25, 0.3) is 11.8 Å². The first-order valence-corrected chi connectivity index (χ1v) is 5.66. The van der Waals surface area contributed by atoms with Gasteiger partial charge in [0.15, 0.2) is 0 Å². The summed E-state index contributed by atoms with van der Waals surface area (Å²) in [6, 6.07) is 1.57. The van der Waals surface area contributed by atoms with Crippen molar-refractivity contribution < 1.29 is 14.7 Å². The summed E-state index contributed by atoms with van der Waals surface area (Å²) in [5.74, 6) is -0.501. The number of hydrogen-bond acceptors (Lipinski definition) is 4. The maximum atomic E-state index is 11.9. The van der Waals surface area contributed by atoms with E-state index in [1.54, 1.807) is 6.07 Å². The first-order chi connectivity index (χ1) is 8.25. The van der Waals surface area contributed by atoms with Gasteiger partial charge < -0.3 is 5.11 Å². The topological polar surface area (TPSA) is 70.5 Å². The molecule has 1 aromatic heterocycles. The molecule has 2 amide bonds. The van der Waals surface area contributed by atoms with Gasteiger partial charge in [-0.15, -0.1) is 0 Å². The van der Waals surface area contributed by atoms with E-state index in [1.165, 1.54) is 17.3 Å². The lowest BCUT2D eigenvalue weighted by Gasteiger charge is -2.12. The van der Waals surface area contributed by atoms with E-state index in [2.05, 4.69) is 4.98 Å². The van der Waals surface area contributed by atoms with Crippen LogP contribution in [0.5, 0.6) is 0 Å². The van der Waals surface area contributed by atoms with Crippen molar-refractivity contribution in [2.75, 3.05) is 13.2 Å². The first kappa shape index (κ1) is 11.7. The van der Waals surface area contributed by atoms with Crippen molar-refractivity contribution in [1.82, 2.24) is 9.88 Å². The fourth-order valence-electron chi connectivity index (χ4n) is 1.90. The van der Waals surface area contributed by atoms with Crippen LogP contribution in [0.15, 0.2) is 18.5 Å². The van der Waals surface area contributed by atoms with Crippen molar-refractivity contribution in [3.05, 3.63) is 29.6 Å². The van der Waals surface area contributed by atoms with Crippen molar-refractivity contribution in [2.45, 2.75) is 19.3 Å². The summed E-state index contributed by atoms with van der Waals surface area (Å²) < 4.78 is 0. The number of imide groups is 1. The molecule has 1 aliphatic rings. The van der Waals surface area contributed by atoms with E-state index >= 15 is 0 Å². The number of aliphatic hydroxyl groups excluding tert-OH is 1. The molecule has 0 unspecified atom stereocenters. The van der Waals surface area contributed by atoms with Crippen LogP contribution in [-0.4, -0.2) is 40.0 Å². The fraction of sp³-hybridized carbons (Fsp3) is 0.417. The zero-order valence-electron chi connectivity index (χ0n) is 9.43. The summed E-state index contributed by atoms with van der Waals surface area (Å²) in [5, 5.41) is 8.65. The van der Waals surface area contributed by atoms with Crippen LogP contribution in [0.1, 0.15) is 40.0 Å². The van der Waals surface area contributed by atoms with Gasteiger partial charge in [-0.05, 0) is 25.3 Å². The first-order valence-electron chi connectivity index (χ1n) is 5.66. The number of aromatic nitrogens is 1. The molecular weight excluding hydrogens is 220 g/mol. The van der Waals surface area contributed by atoms with Crippen LogP contribution >= 0.6 is 0 Å². The van der Waals surface area contributed by atoms with Gasteiger partial charge >= 0.3 is 0 Å². The largest absolute Gasteiger partial charge is 0.396 e. The number of aliphatic hydroxyl groups is 1. The summed E-state index contributed by atoms with van der Waals surface area (Å²) in [5.41, 5.74) is 0.826. The molecular formula is C12H14N2O3. The third kappa shape index (κ3) is 2.19. The number of carbonyl (C=O) groups excluding carboxylic acids is 2. The lowest BCUT2D eigenvalue weighted by molar-refractivity contribution is 0.0651. The molecule has 2 heterocycles. The number of unbranched alkanes of at least 4 members (excludes halogenated alkanes) is 2. The third-order valence-corrected chi connectivity index (χ3v) is 2.81. The van der Waals surface area contributed by atoms with E-state index in [0.717, 1.165) is 12.8 Å². The third-order valence-electron chi connectivity index (χ3n) is 2.81. The molecule has 0 fully saturated rings. The molecule has 0 atom stereocenters. The van der Waals surface area contributed by atoms with Gasteiger partial charge in [-0.2, -0.15) is 0 Å². The lowest BCUT2D eigenvalue weighted by atomic mass is 10.2. The summed E-state index contributed by atoms with van der Waals surface area (Å²) in [6.07, 6.45) is 5.18. The Morgan fingerprint density at radius 2 is 1.88 bits per heavy atom. The molecule has 0 radical (unpaired) electrons. The van der Waals surface area contributed by atoms with Crippen molar-refractivity contribution in [3.8, 4) is 0 Å². The van der Waals surface area contributed by atoms with E-state index in [1.807, 2.05) is 0 Å². The van der Waals surface area contributed by atoms with Gasteiger partial charge in [-0.25, -0.2) is 0 Å². The fourth-order valence-corrected chi connectivity index (χ4v) is 1.90. The average Bonchev–Trinajstić information content (AvgIpc) is 2.60. The molecule has 1 N–H and O–H groups in total. The predicted octanol–water partition coefficient (Wildman–Crippen LogP) is 0.840. The molecule has 5 nitrogen and oxygen atoms in total. The van der Waals surface area contributed by atoms with Crippen LogP contribution in [0.3, 0.4) is 0 Å². The van der Waals surface area contributed by atoms with Gasteiger partial charge in [-0.3, -0.25) is 19.5 Å². The van der Waals surface area contributed by atoms with Crippen molar-refractivity contribution >= 4 is 11.8 Å². The number of pyridine rings is 1. The molecule has 0 saturated carbocycles. The Labute approximate surface area is 99.1 Å². The lowest BCUT2D eigenvalue weighted by Crippen LogP contribution is -2.30. The number of rotatable bonds is 5. The summed E-state index contributed by atoms with van der Waals surface area (Å²) >= 11 is 0. The number of hydrogen-bond donors (Lipinski definition) is 1. The van der Waals surface area contributed by atoms with E-state index < -0.39 is 0 Å².